The number of aliphatic hydroxyl groups excluding tert-OH is 1. The van der Waals surface area contributed by atoms with Gasteiger partial charge in [-0.1, -0.05) is 6.92 Å². The van der Waals surface area contributed by atoms with Crippen molar-refractivity contribution in [2.75, 3.05) is 13.4 Å². The summed E-state index contributed by atoms with van der Waals surface area (Å²) < 4.78 is 17.6. The lowest BCUT2D eigenvalue weighted by Crippen LogP contribution is -2.30. The Labute approximate surface area is 153 Å². The monoisotopic (exact) mass is 374 g/mol. The highest BCUT2D eigenvalue weighted by Crippen LogP contribution is 2.35. The minimum absolute atomic E-state index is 0.0496. The summed E-state index contributed by atoms with van der Waals surface area (Å²) in [6, 6.07) is 7.10. The van der Waals surface area contributed by atoms with Crippen LogP contribution in [-0.2, 0) is 13.0 Å². The molecule has 0 amide bonds. The lowest BCUT2D eigenvalue weighted by atomic mass is 10.3. The van der Waals surface area contributed by atoms with E-state index in [1.165, 1.54) is 22.2 Å². The van der Waals surface area contributed by atoms with E-state index >= 15 is 0 Å². The first-order valence-electron chi connectivity index (χ1n) is 8.32. The average molecular weight is 374 g/mol. The lowest BCUT2D eigenvalue weighted by molar-refractivity contribution is 0.0913. The third kappa shape index (κ3) is 3.25. The van der Waals surface area contributed by atoms with Crippen LogP contribution >= 0.6 is 11.3 Å². The van der Waals surface area contributed by atoms with Gasteiger partial charge >= 0.3 is 0 Å². The first-order chi connectivity index (χ1) is 12.6. The summed E-state index contributed by atoms with van der Waals surface area (Å²) in [4.78, 5) is 18.7. The quantitative estimate of drug-likeness (QED) is 0.712. The van der Waals surface area contributed by atoms with Crippen molar-refractivity contribution in [1.82, 2.24) is 9.55 Å². The van der Waals surface area contributed by atoms with E-state index in [0.29, 0.717) is 22.6 Å². The molecule has 0 aliphatic carbocycles. The van der Waals surface area contributed by atoms with Crippen molar-refractivity contribution in [1.29, 1.82) is 0 Å². The van der Waals surface area contributed by atoms with Crippen molar-refractivity contribution in [2.24, 2.45) is 0 Å². The third-order valence-corrected chi connectivity index (χ3v) is 5.30. The fraction of sp³-hybridized carbons (Fsp3) is 0.333. The molecule has 26 heavy (non-hydrogen) atoms. The Morgan fingerprint density at radius 1 is 1.35 bits per heavy atom. The molecule has 0 fully saturated rings. The van der Waals surface area contributed by atoms with Crippen LogP contribution in [0.25, 0.3) is 10.2 Å². The zero-order chi connectivity index (χ0) is 18.1. The van der Waals surface area contributed by atoms with Gasteiger partial charge in [-0.25, -0.2) is 4.98 Å². The Balaban J connectivity index is 1.43. The van der Waals surface area contributed by atoms with E-state index in [4.69, 9.17) is 14.2 Å². The van der Waals surface area contributed by atoms with Crippen LogP contribution in [0, 0.1) is 0 Å². The average Bonchev–Trinajstić information content (AvgIpc) is 3.28. The summed E-state index contributed by atoms with van der Waals surface area (Å²) in [5.41, 5.74) is -0.145. The zero-order valence-electron chi connectivity index (χ0n) is 14.2. The van der Waals surface area contributed by atoms with Gasteiger partial charge in [0.1, 0.15) is 23.3 Å². The highest BCUT2D eigenvalue weighted by molar-refractivity contribution is 7.18. The molecule has 7 nitrogen and oxygen atoms in total. The van der Waals surface area contributed by atoms with Gasteiger partial charge in [0.15, 0.2) is 11.5 Å². The molecule has 8 heteroatoms. The highest BCUT2D eigenvalue weighted by atomic mass is 32.1. The Kier molecular flexibility index (Phi) is 4.52. The second-order valence-corrected chi connectivity index (χ2v) is 7.08. The molecule has 3 aromatic rings. The van der Waals surface area contributed by atoms with Gasteiger partial charge in [0.2, 0.25) is 6.79 Å². The van der Waals surface area contributed by atoms with Crippen LogP contribution in [0.3, 0.4) is 0 Å². The van der Waals surface area contributed by atoms with Gasteiger partial charge in [0.05, 0.1) is 18.3 Å². The molecule has 1 atom stereocenters. The molecule has 1 aromatic carbocycles. The molecule has 1 unspecified atom stereocenters. The Hall–Kier alpha value is -2.58. The topological polar surface area (TPSA) is 82.8 Å². The van der Waals surface area contributed by atoms with Crippen molar-refractivity contribution >= 4 is 21.6 Å². The summed E-state index contributed by atoms with van der Waals surface area (Å²) in [5, 5.41) is 10.8. The minimum Gasteiger partial charge on any atom is -0.491 e. The van der Waals surface area contributed by atoms with E-state index in [1.54, 1.807) is 18.2 Å². The zero-order valence-corrected chi connectivity index (χ0v) is 15.0. The Morgan fingerprint density at radius 3 is 3.04 bits per heavy atom. The van der Waals surface area contributed by atoms with Crippen LogP contribution in [0.15, 0.2) is 35.4 Å². The highest BCUT2D eigenvalue weighted by Gasteiger charge is 2.15. The smallest absolute Gasteiger partial charge is 0.262 e. The fourth-order valence-electron chi connectivity index (χ4n) is 2.75. The third-order valence-electron chi connectivity index (χ3n) is 4.11. The normalized spacial score (nSPS) is 13.9. The van der Waals surface area contributed by atoms with Gasteiger partial charge in [0, 0.05) is 10.9 Å². The Bertz CT molecular complexity index is 997. The van der Waals surface area contributed by atoms with E-state index in [2.05, 4.69) is 4.98 Å². The van der Waals surface area contributed by atoms with Crippen molar-refractivity contribution in [3.05, 3.63) is 45.8 Å². The maximum absolute atomic E-state index is 12.5. The molecule has 4 rings (SSSR count). The van der Waals surface area contributed by atoms with Crippen LogP contribution in [0.2, 0.25) is 0 Å². The second kappa shape index (κ2) is 6.97. The molecule has 3 heterocycles. The summed E-state index contributed by atoms with van der Waals surface area (Å²) in [6.45, 7) is 2.40. The number of hydrogen-bond donors (Lipinski definition) is 1. The maximum Gasteiger partial charge on any atom is 0.262 e. The number of ether oxygens (including phenoxy) is 3. The number of aryl methyl sites for hydroxylation is 1. The van der Waals surface area contributed by atoms with Gasteiger partial charge in [-0.15, -0.1) is 11.3 Å². The minimum atomic E-state index is -0.846. The molecule has 0 saturated carbocycles. The van der Waals surface area contributed by atoms with Gasteiger partial charge in [-0.05, 0) is 24.6 Å². The van der Waals surface area contributed by atoms with Gasteiger partial charge < -0.3 is 19.3 Å². The molecule has 0 saturated heterocycles. The van der Waals surface area contributed by atoms with Crippen molar-refractivity contribution in [2.45, 2.75) is 26.0 Å². The molecule has 1 aliphatic rings. The number of aliphatic hydroxyl groups is 1. The van der Waals surface area contributed by atoms with E-state index in [1.807, 2.05) is 13.0 Å². The predicted octanol–water partition coefficient (Wildman–Crippen LogP) is 2.19. The van der Waals surface area contributed by atoms with Crippen molar-refractivity contribution in [3.8, 4) is 17.2 Å². The SMILES string of the molecule is CCc1cc2c(=O)n(CC(O)COc3ccc4c(c3)OCO4)cnc2s1. The largest absolute Gasteiger partial charge is 0.491 e. The number of aromatic nitrogens is 2. The summed E-state index contributed by atoms with van der Waals surface area (Å²) in [7, 11) is 0. The number of hydrogen-bond acceptors (Lipinski definition) is 7. The van der Waals surface area contributed by atoms with Crippen LogP contribution < -0.4 is 19.8 Å². The van der Waals surface area contributed by atoms with Crippen LogP contribution in [0.4, 0.5) is 0 Å². The lowest BCUT2D eigenvalue weighted by Gasteiger charge is -2.14. The van der Waals surface area contributed by atoms with Gasteiger partial charge in [-0.2, -0.15) is 0 Å². The fourth-order valence-corrected chi connectivity index (χ4v) is 3.68. The first-order valence-corrected chi connectivity index (χ1v) is 9.14. The van der Waals surface area contributed by atoms with Gasteiger partial charge in [-0.3, -0.25) is 9.36 Å². The molecule has 0 spiro atoms. The predicted molar refractivity (Wildman–Crippen MR) is 97.3 cm³/mol. The molecule has 0 radical (unpaired) electrons. The summed E-state index contributed by atoms with van der Waals surface area (Å²) in [6.07, 6.45) is 1.50. The maximum atomic E-state index is 12.5. The molecule has 2 aromatic heterocycles. The van der Waals surface area contributed by atoms with E-state index < -0.39 is 6.10 Å². The standard InChI is InChI=1S/C18H18N2O5S/c1-2-13-6-14-17(26-13)19-9-20(18(14)22)7-11(21)8-23-12-3-4-15-16(5-12)25-10-24-15/h3-6,9,11,21H,2,7-8,10H2,1H3. The molecular weight excluding hydrogens is 356 g/mol. The molecule has 1 N–H and O–H groups in total. The summed E-state index contributed by atoms with van der Waals surface area (Å²) in [5.74, 6) is 1.86. The molecular formula is C18H18N2O5S. The van der Waals surface area contributed by atoms with Crippen LogP contribution in [-0.4, -0.2) is 34.2 Å². The van der Waals surface area contributed by atoms with Crippen molar-refractivity contribution in [3.63, 3.8) is 0 Å². The number of rotatable bonds is 6. The molecule has 1 aliphatic heterocycles. The first kappa shape index (κ1) is 16.9. The van der Waals surface area contributed by atoms with E-state index in [9.17, 15) is 9.90 Å². The number of fused-ring (bicyclic) bond motifs is 2. The molecule has 136 valence electrons. The number of benzene rings is 1. The van der Waals surface area contributed by atoms with Crippen LogP contribution in [0.5, 0.6) is 17.2 Å². The summed E-state index contributed by atoms with van der Waals surface area (Å²) >= 11 is 1.52. The van der Waals surface area contributed by atoms with Crippen molar-refractivity contribution < 1.29 is 19.3 Å². The number of thiophene rings is 1. The second-order valence-electron chi connectivity index (χ2n) is 5.97. The number of nitrogens with zero attached hydrogens (tertiary/aromatic N) is 2. The van der Waals surface area contributed by atoms with E-state index in [0.717, 1.165) is 16.1 Å². The van der Waals surface area contributed by atoms with Gasteiger partial charge in [0.25, 0.3) is 5.56 Å². The van der Waals surface area contributed by atoms with E-state index in [-0.39, 0.29) is 25.5 Å². The molecule has 0 bridgehead atoms. The van der Waals surface area contributed by atoms with Crippen LogP contribution in [0.1, 0.15) is 11.8 Å². The Morgan fingerprint density at radius 2 is 2.19 bits per heavy atom.